The van der Waals surface area contributed by atoms with Gasteiger partial charge in [0, 0.05) is 4.88 Å². The summed E-state index contributed by atoms with van der Waals surface area (Å²) >= 11 is 5.01. The number of hydrogen-bond acceptors (Lipinski definition) is 3. The highest BCUT2D eigenvalue weighted by atomic mass is 79.9. The summed E-state index contributed by atoms with van der Waals surface area (Å²) in [7, 11) is 0. The maximum absolute atomic E-state index is 12.8. The van der Waals surface area contributed by atoms with Crippen LogP contribution in [0.3, 0.4) is 0 Å². The Morgan fingerprint density at radius 2 is 1.95 bits per heavy atom. The Hall–Kier alpha value is -0.880. The minimum absolute atomic E-state index is 0.0193. The molecule has 1 aliphatic heterocycles. The number of halogens is 1. The highest BCUT2D eigenvalue weighted by Crippen LogP contribution is 2.32. The fraction of sp³-hybridized carbons (Fsp3) is 0.571. The standard InChI is InChI=1S/C14H19BrN2O2S/c1-5-14(4)12(19)17(13(2,3)11(18)16-14)8-9-6-7-10(15)20-9/h6-7H,5,8H2,1-4H3,(H,16,18). The van der Waals surface area contributed by atoms with Crippen molar-refractivity contribution in [3.8, 4) is 0 Å². The molecular formula is C14H19BrN2O2S. The van der Waals surface area contributed by atoms with Crippen LogP contribution in [-0.4, -0.2) is 27.8 Å². The van der Waals surface area contributed by atoms with Gasteiger partial charge in [0.1, 0.15) is 11.1 Å². The Labute approximate surface area is 131 Å². The molecule has 1 atom stereocenters. The van der Waals surface area contributed by atoms with Gasteiger partial charge in [0.2, 0.25) is 11.8 Å². The molecule has 2 amide bonds. The minimum atomic E-state index is -0.831. The topological polar surface area (TPSA) is 49.4 Å². The first kappa shape index (κ1) is 15.5. The lowest BCUT2D eigenvalue weighted by Gasteiger charge is -2.48. The molecule has 1 N–H and O–H groups in total. The average molecular weight is 359 g/mol. The normalized spacial score (nSPS) is 25.8. The Kier molecular flexibility index (Phi) is 3.99. The lowest BCUT2D eigenvalue weighted by atomic mass is 9.86. The van der Waals surface area contributed by atoms with Crippen LogP contribution >= 0.6 is 27.3 Å². The zero-order chi connectivity index (χ0) is 15.1. The van der Waals surface area contributed by atoms with Crippen LogP contribution in [-0.2, 0) is 16.1 Å². The lowest BCUT2D eigenvalue weighted by molar-refractivity contribution is -0.161. The number of hydrogen-bond donors (Lipinski definition) is 1. The molecule has 4 nitrogen and oxygen atoms in total. The average Bonchev–Trinajstić information content (AvgIpc) is 2.78. The predicted octanol–water partition coefficient (Wildman–Crippen LogP) is 2.92. The molecule has 1 saturated heterocycles. The monoisotopic (exact) mass is 358 g/mol. The van der Waals surface area contributed by atoms with Crippen molar-refractivity contribution in [3.05, 3.63) is 20.8 Å². The van der Waals surface area contributed by atoms with Gasteiger partial charge in [-0.3, -0.25) is 9.59 Å². The molecule has 0 saturated carbocycles. The lowest BCUT2D eigenvalue weighted by Crippen LogP contribution is -2.72. The van der Waals surface area contributed by atoms with E-state index in [0.29, 0.717) is 13.0 Å². The number of thiophene rings is 1. The van der Waals surface area contributed by atoms with Gasteiger partial charge in [-0.15, -0.1) is 11.3 Å². The number of rotatable bonds is 3. The van der Waals surface area contributed by atoms with E-state index in [9.17, 15) is 9.59 Å². The Bertz CT molecular complexity index is 555. The van der Waals surface area contributed by atoms with Crippen molar-refractivity contribution in [1.29, 1.82) is 0 Å². The van der Waals surface area contributed by atoms with Gasteiger partial charge in [0.25, 0.3) is 0 Å². The number of carbonyl (C=O) groups is 2. The summed E-state index contributed by atoms with van der Waals surface area (Å²) < 4.78 is 1.03. The zero-order valence-corrected chi connectivity index (χ0v) is 14.5. The van der Waals surface area contributed by atoms with E-state index in [1.165, 1.54) is 0 Å². The van der Waals surface area contributed by atoms with Crippen LogP contribution in [0.5, 0.6) is 0 Å². The van der Waals surface area contributed by atoms with Crippen molar-refractivity contribution in [2.75, 3.05) is 0 Å². The molecule has 1 fully saturated rings. The molecule has 6 heteroatoms. The molecule has 2 heterocycles. The number of nitrogens with zero attached hydrogens (tertiary/aromatic N) is 1. The second-order valence-corrected chi connectivity index (χ2v) is 8.34. The van der Waals surface area contributed by atoms with Crippen LogP contribution in [0.1, 0.15) is 39.0 Å². The van der Waals surface area contributed by atoms with Crippen LogP contribution in [0.4, 0.5) is 0 Å². The molecule has 0 aliphatic carbocycles. The summed E-state index contributed by atoms with van der Waals surface area (Å²) in [6, 6.07) is 3.94. The van der Waals surface area contributed by atoms with E-state index >= 15 is 0 Å². The highest BCUT2D eigenvalue weighted by Gasteiger charge is 2.51. The van der Waals surface area contributed by atoms with Crippen molar-refractivity contribution < 1.29 is 9.59 Å². The second-order valence-electron chi connectivity index (χ2n) is 5.80. The smallest absolute Gasteiger partial charge is 0.249 e. The fourth-order valence-corrected chi connectivity index (χ4v) is 3.71. The zero-order valence-electron chi connectivity index (χ0n) is 12.1. The van der Waals surface area contributed by atoms with Crippen LogP contribution in [0.25, 0.3) is 0 Å². The van der Waals surface area contributed by atoms with E-state index in [1.807, 2.05) is 19.1 Å². The van der Waals surface area contributed by atoms with Crippen LogP contribution in [0.15, 0.2) is 15.9 Å². The summed E-state index contributed by atoms with van der Waals surface area (Å²) in [5.41, 5.74) is -1.64. The quantitative estimate of drug-likeness (QED) is 0.902. The van der Waals surface area contributed by atoms with Crippen molar-refractivity contribution in [2.45, 2.75) is 51.7 Å². The first-order valence-corrected chi connectivity index (χ1v) is 8.20. The van der Waals surface area contributed by atoms with E-state index in [-0.39, 0.29) is 11.8 Å². The molecule has 0 bridgehead atoms. The first-order chi connectivity index (χ1) is 9.20. The van der Waals surface area contributed by atoms with E-state index < -0.39 is 11.1 Å². The van der Waals surface area contributed by atoms with Gasteiger partial charge in [-0.05, 0) is 55.3 Å². The summed E-state index contributed by atoms with van der Waals surface area (Å²) in [6.45, 7) is 7.75. The molecule has 1 aromatic heterocycles. The summed E-state index contributed by atoms with van der Waals surface area (Å²) in [5, 5.41) is 2.87. The molecule has 2 rings (SSSR count). The van der Waals surface area contributed by atoms with E-state index in [2.05, 4.69) is 21.2 Å². The molecule has 1 aliphatic rings. The van der Waals surface area contributed by atoms with Crippen molar-refractivity contribution in [1.82, 2.24) is 10.2 Å². The molecule has 1 aromatic rings. The largest absolute Gasteiger partial charge is 0.340 e. The summed E-state index contributed by atoms with van der Waals surface area (Å²) in [5.74, 6) is -0.119. The van der Waals surface area contributed by atoms with E-state index in [0.717, 1.165) is 8.66 Å². The van der Waals surface area contributed by atoms with Gasteiger partial charge in [-0.1, -0.05) is 6.92 Å². The molecule has 110 valence electrons. The Morgan fingerprint density at radius 1 is 1.30 bits per heavy atom. The number of piperazine rings is 1. The Morgan fingerprint density at radius 3 is 2.45 bits per heavy atom. The molecule has 0 aromatic carbocycles. The minimum Gasteiger partial charge on any atom is -0.340 e. The van der Waals surface area contributed by atoms with E-state index in [1.54, 1.807) is 37.0 Å². The van der Waals surface area contributed by atoms with E-state index in [4.69, 9.17) is 0 Å². The molecule has 1 unspecified atom stereocenters. The Balaban J connectivity index is 2.35. The van der Waals surface area contributed by atoms with Gasteiger partial charge < -0.3 is 10.2 Å². The van der Waals surface area contributed by atoms with Gasteiger partial charge in [0.15, 0.2) is 0 Å². The maximum atomic E-state index is 12.8. The number of nitrogens with one attached hydrogen (secondary N) is 1. The summed E-state index contributed by atoms with van der Waals surface area (Å²) in [4.78, 5) is 27.8. The number of carbonyl (C=O) groups excluding carboxylic acids is 2. The third kappa shape index (κ3) is 2.51. The molecule has 0 radical (unpaired) electrons. The second kappa shape index (κ2) is 5.15. The van der Waals surface area contributed by atoms with Gasteiger partial charge in [-0.25, -0.2) is 0 Å². The maximum Gasteiger partial charge on any atom is 0.249 e. The fourth-order valence-electron chi connectivity index (χ4n) is 2.23. The van der Waals surface area contributed by atoms with Crippen LogP contribution in [0, 0.1) is 0 Å². The molecule has 0 spiro atoms. The third-order valence-corrected chi connectivity index (χ3v) is 5.60. The van der Waals surface area contributed by atoms with Gasteiger partial charge in [0.05, 0.1) is 10.3 Å². The number of amides is 2. The molecular weight excluding hydrogens is 340 g/mol. The van der Waals surface area contributed by atoms with Gasteiger partial charge >= 0.3 is 0 Å². The van der Waals surface area contributed by atoms with Crippen LogP contribution < -0.4 is 5.32 Å². The third-order valence-electron chi connectivity index (χ3n) is 3.99. The SMILES string of the molecule is CCC1(C)NC(=O)C(C)(C)N(Cc2ccc(Br)s2)C1=O. The van der Waals surface area contributed by atoms with Crippen molar-refractivity contribution >= 4 is 39.1 Å². The summed E-state index contributed by atoms with van der Waals surface area (Å²) in [6.07, 6.45) is 0.582. The van der Waals surface area contributed by atoms with Crippen LogP contribution in [0.2, 0.25) is 0 Å². The first-order valence-electron chi connectivity index (χ1n) is 6.59. The predicted molar refractivity (Wildman–Crippen MR) is 83.5 cm³/mol. The van der Waals surface area contributed by atoms with Crippen molar-refractivity contribution in [2.24, 2.45) is 0 Å². The molecule has 20 heavy (non-hydrogen) atoms. The van der Waals surface area contributed by atoms with Gasteiger partial charge in [-0.2, -0.15) is 0 Å². The highest BCUT2D eigenvalue weighted by molar-refractivity contribution is 9.11. The van der Waals surface area contributed by atoms with Crippen molar-refractivity contribution in [3.63, 3.8) is 0 Å².